The lowest BCUT2D eigenvalue weighted by atomic mass is 9.81. The van der Waals surface area contributed by atoms with Crippen LogP contribution in [-0.4, -0.2) is 4.57 Å². The van der Waals surface area contributed by atoms with Gasteiger partial charge in [0.05, 0.1) is 11.0 Å². The van der Waals surface area contributed by atoms with E-state index in [1.54, 1.807) is 0 Å². The van der Waals surface area contributed by atoms with Gasteiger partial charge in [0.15, 0.2) is 0 Å². The van der Waals surface area contributed by atoms with Gasteiger partial charge in [0.25, 0.3) is 0 Å². The van der Waals surface area contributed by atoms with Crippen LogP contribution in [0.1, 0.15) is 25.0 Å². The molecule has 1 aliphatic carbocycles. The highest BCUT2D eigenvalue weighted by molar-refractivity contribution is 6.10. The fraction of sp³-hybridized carbons (Fsp3) is 0.0526. The molecular formula is C57H43N3. The molecule has 60 heavy (non-hydrogen) atoms. The summed E-state index contributed by atoms with van der Waals surface area (Å²) in [4.78, 5) is 4.66. The fourth-order valence-electron chi connectivity index (χ4n) is 9.44. The second-order valence-corrected chi connectivity index (χ2v) is 16.2. The van der Waals surface area contributed by atoms with Gasteiger partial charge in [-0.05, 0) is 130 Å². The minimum Gasteiger partial charge on any atom is -0.311 e. The number of nitrogens with zero attached hydrogens (tertiary/aromatic N) is 3. The van der Waals surface area contributed by atoms with Gasteiger partial charge in [-0.2, -0.15) is 0 Å². The Bertz CT molecular complexity index is 3110. The lowest BCUT2D eigenvalue weighted by molar-refractivity contribution is 0.660. The van der Waals surface area contributed by atoms with Crippen LogP contribution in [0.2, 0.25) is 0 Å². The summed E-state index contributed by atoms with van der Waals surface area (Å²) in [5.74, 6) is 0. The summed E-state index contributed by atoms with van der Waals surface area (Å²) in [7, 11) is 0. The minimum absolute atomic E-state index is 0.0388. The van der Waals surface area contributed by atoms with E-state index in [9.17, 15) is 0 Å². The van der Waals surface area contributed by atoms with Gasteiger partial charge in [-0.25, -0.2) is 0 Å². The van der Waals surface area contributed by atoms with Crippen LogP contribution >= 0.6 is 0 Å². The van der Waals surface area contributed by atoms with Crippen molar-refractivity contribution in [3.05, 3.63) is 236 Å². The zero-order valence-electron chi connectivity index (χ0n) is 33.7. The average molecular weight is 770 g/mol. The van der Waals surface area contributed by atoms with Gasteiger partial charge in [0, 0.05) is 56.0 Å². The van der Waals surface area contributed by atoms with Gasteiger partial charge < -0.3 is 14.4 Å². The third kappa shape index (κ3) is 5.89. The number of fused-ring (bicyclic) bond motifs is 6. The number of para-hydroxylation sites is 4. The topological polar surface area (TPSA) is 11.4 Å². The summed E-state index contributed by atoms with van der Waals surface area (Å²) < 4.78 is 2.42. The Labute approximate surface area is 351 Å². The molecule has 1 aliphatic rings. The van der Waals surface area contributed by atoms with Crippen molar-refractivity contribution >= 4 is 55.9 Å². The third-order valence-electron chi connectivity index (χ3n) is 12.4. The zero-order valence-corrected chi connectivity index (χ0v) is 33.7. The quantitative estimate of drug-likeness (QED) is 0.152. The molecule has 1 aromatic heterocycles. The lowest BCUT2D eigenvalue weighted by Crippen LogP contribution is -2.14. The van der Waals surface area contributed by atoms with E-state index in [0.717, 1.165) is 45.3 Å². The third-order valence-corrected chi connectivity index (χ3v) is 12.4. The number of anilines is 6. The van der Waals surface area contributed by atoms with Gasteiger partial charge in [0.2, 0.25) is 0 Å². The highest BCUT2D eigenvalue weighted by Crippen LogP contribution is 2.50. The number of aromatic nitrogens is 1. The summed E-state index contributed by atoms with van der Waals surface area (Å²) in [5.41, 5.74) is 18.0. The van der Waals surface area contributed by atoms with Gasteiger partial charge >= 0.3 is 0 Å². The highest BCUT2D eigenvalue weighted by Gasteiger charge is 2.35. The van der Waals surface area contributed by atoms with Crippen LogP contribution in [0.15, 0.2) is 224 Å². The first kappa shape index (κ1) is 35.5. The van der Waals surface area contributed by atoms with Gasteiger partial charge in [-0.3, -0.25) is 0 Å². The molecule has 3 nitrogen and oxygen atoms in total. The van der Waals surface area contributed by atoms with E-state index in [1.807, 2.05) is 0 Å². The molecule has 286 valence electrons. The van der Waals surface area contributed by atoms with Crippen molar-refractivity contribution in [1.29, 1.82) is 0 Å². The maximum atomic E-state index is 2.42. The molecule has 0 radical (unpaired) electrons. The molecule has 11 rings (SSSR count). The Kier molecular flexibility index (Phi) is 8.49. The van der Waals surface area contributed by atoms with E-state index >= 15 is 0 Å². The fourth-order valence-corrected chi connectivity index (χ4v) is 9.44. The van der Waals surface area contributed by atoms with Crippen molar-refractivity contribution < 1.29 is 0 Å². The molecule has 0 spiro atoms. The van der Waals surface area contributed by atoms with E-state index < -0.39 is 0 Å². The summed E-state index contributed by atoms with van der Waals surface area (Å²) in [5, 5.41) is 2.46. The van der Waals surface area contributed by atoms with Crippen molar-refractivity contribution in [2.75, 3.05) is 9.80 Å². The van der Waals surface area contributed by atoms with Gasteiger partial charge in [0.1, 0.15) is 0 Å². The molecular weight excluding hydrogens is 727 g/mol. The summed E-state index contributed by atoms with van der Waals surface area (Å²) in [6, 6.07) is 81.4. The lowest BCUT2D eigenvalue weighted by Gasteiger charge is -2.28. The van der Waals surface area contributed by atoms with Crippen molar-refractivity contribution in [3.8, 4) is 27.9 Å². The molecule has 10 aromatic rings. The second-order valence-electron chi connectivity index (χ2n) is 16.2. The number of benzene rings is 9. The van der Waals surface area contributed by atoms with Crippen LogP contribution in [0.5, 0.6) is 0 Å². The number of rotatable bonds is 8. The first-order valence-electron chi connectivity index (χ1n) is 20.8. The van der Waals surface area contributed by atoms with Gasteiger partial charge in [-0.1, -0.05) is 141 Å². The Morgan fingerprint density at radius 3 is 1.43 bits per heavy atom. The Morgan fingerprint density at radius 1 is 0.333 bits per heavy atom. The SMILES string of the molecule is CC1(C)c2ccccc2-c2ccc(-c3ccc(-n4c5ccccc5c5ccc(N(c6ccccc6)c6ccc(N(c7ccccc7)c7ccccc7)cc6)cc54)cc3)cc21. The largest absolute Gasteiger partial charge is 0.311 e. The molecule has 0 N–H and O–H groups in total. The van der Waals surface area contributed by atoms with Crippen LogP contribution in [0.25, 0.3) is 49.7 Å². The van der Waals surface area contributed by atoms with E-state index in [4.69, 9.17) is 0 Å². The predicted octanol–water partition coefficient (Wildman–Crippen LogP) is 15.7. The molecule has 9 aromatic carbocycles. The van der Waals surface area contributed by atoms with Crippen molar-refractivity contribution in [2.45, 2.75) is 19.3 Å². The Hall–Kier alpha value is -7.62. The standard InChI is InChI=1S/C57H43N3/c1-57(2)53-24-14-12-22-49(53)50-36-28-41(38-54(50)57)40-26-29-47(30-27-40)60-55-25-15-13-23-51(55)52-37-35-48(39-56(52)60)59(44-20-10-5-11-21-44)46-33-31-45(32-34-46)58(42-16-6-3-7-17-42)43-18-8-4-9-19-43/h3-39H,1-2H3. The molecule has 0 saturated heterocycles. The minimum atomic E-state index is -0.0388. The summed E-state index contributed by atoms with van der Waals surface area (Å²) >= 11 is 0. The van der Waals surface area contributed by atoms with Crippen molar-refractivity contribution in [1.82, 2.24) is 4.57 Å². The maximum absolute atomic E-state index is 2.42. The van der Waals surface area contributed by atoms with Crippen molar-refractivity contribution in [2.24, 2.45) is 0 Å². The highest BCUT2D eigenvalue weighted by atomic mass is 15.2. The van der Waals surface area contributed by atoms with E-state index in [-0.39, 0.29) is 5.41 Å². The summed E-state index contributed by atoms with van der Waals surface area (Å²) in [6.45, 7) is 4.70. The van der Waals surface area contributed by atoms with E-state index in [2.05, 4.69) is 253 Å². The van der Waals surface area contributed by atoms with Crippen LogP contribution in [-0.2, 0) is 5.41 Å². The molecule has 0 fully saturated rings. The monoisotopic (exact) mass is 769 g/mol. The molecule has 0 unspecified atom stereocenters. The average Bonchev–Trinajstić information content (AvgIpc) is 3.76. The zero-order chi connectivity index (χ0) is 40.2. The smallest absolute Gasteiger partial charge is 0.0561 e. The molecule has 0 amide bonds. The molecule has 0 aliphatic heterocycles. The van der Waals surface area contributed by atoms with Crippen LogP contribution in [0.4, 0.5) is 34.1 Å². The van der Waals surface area contributed by atoms with Gasteiger partial charge in [-0.15, -0.1) is 0 Å². The van der Waals surface area contributed by atoms with Crippen molar-refractivity contribution in [3.63, 3.8) is 0 Å². The normalized spacial score (nSPS) is 12.6. The number of hydrogen-bond donors (Lipinski definition) is 0. The van der Waals surface area contributed by atoms with E-state index in [0.29, 0.717) is 0 Å². The van der Waals surface area contributed by atoms with E-state index in [1.165, 1.54) is 49.7 Å². The molecule has 0 saturated carbocycles. The molecule has 1 heterocycles. The maximum Gasteiger partial charge on any atom is 0.0561 e. The summed E-state index contributed by atoms with van der Waals surface area (Å²) in [6.07, 6.45) is 0. The predicted molar refractivity (Wildman–Crippen MR) is 253 cm³/mol. The molecule has 3 heteroatoms. The Morgan fingerprint density at radius 2 is 0.800 bits per heavy atom. The molecule has 0 bridgehead atoms. The first-order chi connectivity index (χ1) is 29.5. The molecule has 0 atom stereocenters. The van der Waals surface area contributed by atoms with Crippen LogP contribution in [0.3, 0.4) is 0 Å². The van der Waals surface area contributed by atoms with Crippen LogP contribution < -0.4 is 9.80 Å². The Balaban J connectivity index is 0.997. The number of hydrogen-bond acceptors (Lipinski definition) is 2. The second kappa shape index (κ2) is 14.3. The first-order valence-corrected chi connectivity index (χ1v) is 20.8. The van der Waals surface area contributed by atoms with Crippen LogP contribution in [0, 0.1) is 0 Å².